The van der Waals surface area contributed by atoms with Crippen LogP contribution in [-0.2, 0) is 18.2 Å². The molecular weight excluding hydrogens is 386 g/mol. The second kappa shape index (κ2) is 28.5. The highest BCUT2D eigenvalue weighted by Crippen LogP contribution is 2.37. The van der Waals surface area contributed by atoms with Gasteiger partial charge in [-0.25, -0.2) is 4.57 Å². The number of rotatable bonds is 10. The van der Waals surface area contributed by atoms with Gasteiger partial charge in [-0.1, -0.05) is 87.5 Å². The summed E-state index contributed by atoms with van der Waals surface area (Å²) in [6, 6.07) is 0. The fourth-order valence-corrected chi connectivity index (χ4v) is 2.01. The summed E-state index contributed by atoms with van der Waals surface area (Å²) in [4.78, 5) is 16.5. The van der Waals surface area contributed by atoms with Crippen LogP contribution in [0.25, 0.3) is 0 Å². The third kappa shape index (κ3) is 75.9. The molecule has 0 radical (unpaired) electrons. The summed E-state index contributed by atoms with van der Waals surface area (Å²) in [6.07, 6.45) is 8.71. The Morgan fingerprint density at radius 2 is 1.11 bits per heavy atom. The summed E-state index contributed by atoms with van der Waals surface area (Å²) in [7, 11) is -6.40. The van der Waals surface area contributed by atoms with Gasteiger partial charge in [0.05, 0.1) is 13.2 Å². The van der Waals surface area contributed by atoms with Gasteiger partial charge in [0.15, 0.2) is 7.37 Å². The van der Waals surface area contributed by atoms with E-state index in [2.05, 4.69) is 39.1 Å². The largest absolute Gasteiger partial charge is 0.469 e. The van der Waals surface area contributed by atoms with E-state index in [0.29, 0.717) is 6.61 Å². The van der Waals surface area contributed by atoms with Gasteiger partial charge in [0, 0.05) is 13.3 Å². The van der Waals surface area contributed by atoms with Crippen molar-refractivity contribution in [1.29, 1.82) is 0 Å². The number of hydrogen-bond donors (Lipinski definition) is 2. The van der Waals surface area contributed by atoms with E-state index in [4.69, 9.17) is 14.3 Å². The average molecular weight is 437 g/mol. The molecule has 6 nitrogen and oxygen atoms in total. The van der Waals surface area contributed by atoms with Crippen LogP contribution in [0.5, 0.6) is 0 Å². The van der Waals surface area contributed by atoms with Crippen molar-refractivity contribution in [3.05, 3.63) is 0 Å². The van der Waals surface area contributed by atoms with Crippen LogP contribution in [-0.4, -0.2) is 36.3 Å². The third-order valence-corrected chi connectivity index (χ3v) is 3.69. The molecule has 0 aliphatic heterocycles. The summed E-state index contributed by atoms with van der Waals surface area (Å²) in [5, 5.41) is 0. The zero-order valence-corrected chi connectivity index (χ0v) is 20.3. The van der Waals surface area contributed by atoms with Crippen molar-refractivity contribution in [3.63, 3.8) is 0 Å². The van der Waals surface area contributed by atoms with Crippen molar-refractivity contribution in [2.45, 2.75) is 100 Å². The number of phosphoric ester groups is 1. The van der Waals surface area contributed by atoms with Gasteiger partial charge in [-0.15, -0.1) is 0 Å². The highest BCUT2D eigenvalue weighted by Gasteiger charge is 2.11. The topological polar surface area (TPSA) is 93.1 Å². The minimum atomic E-state index is -4.21. The molecule has 0 saturated heterocycles. The van der Waals surface area contributed by atoms with E-state index in [1.807, 2.05) is 6.92 Å². The van der Waals surface area contributed by atoms with Gasteiger partial charge in [-0.3, -0.25) is 9.09 Å². The molecule has 0 aromatic heterocycles. The Morgan fingerprint density at radius 1 is 0.667 bits per heavy atom. The van der Waals surface area contributed by atoms with Gasteiger partial charge < -0.3 is 14.3 Å². The first-order valence-electron chi connectivity index (χ1n) is 9.84. The molecule has 0 bridgehead atoms. The van der Waals surface area contributed by atoms with Gasteiger partial charge >= 0.3 is 7.82 Å². The molecule has 8 heteroatoms. The number of phosphoric acid groups is 1. The fourth-order valence-electron chi connectivity index (χ4n) is 1.02. The molecule has 0 unspecified atom stereocenters. The van der Waals surface area contributed by atoms with E-state index in [-0.39, 0.29) is 14.0 Å². The summed E-state index contributed by atoms with van der Waals surface area (Å²) in [6.45, 7) is 16.7. The minimum absolute atomic E-state index is 0. The Morgan fingerprint density at radius 3 is 1.33 bits per heavy atom. The van der Waals surface area contributed by atoms with Gasteiger partial charge in [0.25, 0.3) is 0 Å². The van der Waals surface area contributed by atoms with Crippen LogP contribution in [0.4, 0.5) is 0 Å². The second-order valence-electron chi connectivity index (χ2n) is 6.18. The van der Waals surface area contributed by atoms with Crippen molar-refractivity contribution >= 4 is 15.2 Å². The molecule has 27 heavy (non-hydrogen) atoms. The summed E-state index contributed by atoms with van der Waals surface area (Å²) in [5.74, 6) is 0. The van der Waals surface area contributed by atoms with Crippen LogP contribution in [0.15, 0.2) is 0 Å². The van der Waals surface area contributed by atoms with Crippen LogP contribution in [0.1, 0.15) is 100 Å². The third-order valence-electron chi connectivity index (χ3n) is 2.36. The van der Waals surface area contributed by atoms with Crippen molar-refractivity contribution in [3.8, 4) is 0 Å². The first-order valence-corrected chi connectivity index (χ1v) is 13.9. The minimum Gasteiger partial charge on any atom is -0.329 e. The maximum absolute atomic E-state index is 10.8. The van der Waals surface area contributed by atoms with E-state index in [9.17, 15) is 9.13 Å². The van der Waals surface area contributed by atoms with E-state index < -0.39 is 15.2 Å². The Balaban J connectivity index is -0.0000000885. The Bertz CT molecular complexity index is 324. The molecule has 0 aromatic rings. The Hall–Kier alpha value is 0.300. The molecule has 0 amide bonds. The average Bonchev–Trinajstić information content (AvgIpc) is 2.52. The molecule has 0 heterocycles. The summed E-state index contributed by atoms with van der Waals surface area (Å²) in [5.41, 5.74) is 0. The van der Waals surface area contributed by atoms with Crippen LogP contribution in [0.3, 0.4) is 0 Å². The first-order chi connectivity index (χ1) is 11.9. The molecule has 0 aliphatic rings. The predicted molar refractivity (Wildman–Crippen MR) is 121 cm³/mol. The van der Waals surface area contributed by atoms with Gasteiger partial charge in [0.2, 0.25) is 0 Å². The molecule has 0 rings (SSSR count). The fraction of sp³-hybridized carbons (Fsp3) is 1.00. The first kappa shape index (κ1) is 38.0. The van der Waals surface area contributed by atoms with Crippen LogP contribution in [0.2, 0.25) is 0 Å². The van der Waals surface area contributed by atoms with Gasteiger partial charge in [-0.2, -0.15) is 0 Å². The lowest BCUT2D eigenvalue weighted by Gasteiger charge is -2.04. The SMILES string of the molecule is C.CCC.CCCC.CCCCCCOP(=O)(O)O.CCCOP(C)(C)=O. The standard InChI is InChI=1S/C6H15O4P.C5H13O2P.C4H10.C3H8.CH4/c1-2-3-4-5-6-10-11(7,8)9;1-4-5-7-8(2,3)6;1-3-4-2;1-3-2;/h2-6H2,1H3,(H2,7,8,9);4-5H2,1-3H3;3-4H2,1-2H3;3H2,1-2H3;1H4. The summed E-state index contributed by atoms with van der Waals surface area (Å²) < 4.78 is 30.1. The molecule has 0 atom stereocenters. The Kier molecular flexibility index (Phi) is 40.1. The van der Waals surface area contributed by atoms with Crippen molar-refractivity contribution < 1.29 is 28.0 Å². The van der Waals surface area contributed by atoms with Crippen molar-refractivity contribution in [2.75, 3.05) is 26.5 Å². The number of hydrogen-bond acceptors (Lipinski definition) is 4. The maximum atomic E-state index is 10.8. The maximum Gasteiger partial charge on any atom is 0.469 e. The van der Waals surface area contributed by atoms with E-state index in [0.717, 1.165) is 32.1 Å². The normalized spacial score (nSPS) is 10.1. The zero-order valence-electron chi connectivity index (χ0n) is 18.5. The molecular formula is C19H50O6P2. The predicted octanol–water partition coefficient (Wildman–Crippen LogP) is 7.49. The van der Waals surface area contributed by atoms with Crippen molar-refractivity contribution in [2.24, 2.45) is 0 Å². The Labute approximate surface area is 170 Å². The highest BCUT2D eigenvalue weighted by molar-refractivity contribution is 7.57. The molecule has 0 aliphatic carbocycles. The van der Waals surface area contributed by atoms with Crippen molar-refractivity contribution in [1.82, 2.24) is 0 Å². The molecule has 0 saturated carbocycles. The van der Waals surface area contributed by atoms with E-state index in [1.165, 1.54) is 19.3 Å². The van der Waals surface area contributed by atoms with Gasteiger partial charge in [0.1, 0.15) is 0 Å². The van der Waals surface area contributed by atoms with Crippen LogP contribution >= 0.6 is 15.2 Å². The molecule has 0 spiro atoms. The quantitative estimate of drug-likeness (QED) is 0.272. The smallest absolute Gasteiger partial charge is 0.329 e. The number of unbranched alkanes of at least 4 members (excludes halogenated alkanes) is 4. The van der Waals surface area contributed by atoms with Crippen LogP contribution in [0, 0.1) is 0 Å². The lowest BCUT2D eigenvalue weighted by Crippen LogP contribution is -1.91. The van der Waals surface area contributed by atoms with Crippen LogP contribution < -0.4 is 0 Å². The zero-order chi connectivity index (χ0) is 21.5. The van der Waals surface area contributed by atoms with Gasteiger partial charge in [-0.05, 0) is 12.8 Å². The molecule has 0 aromatic carbocycles. The molecule has 2 N–H and O–H groups in total. The second-order valence-corrected chi connectivity index (χ2v) is 10.2. The van der Waals surface area contributed by atoms with E-state index in [1.54, 1.807) is 13.3 Å². The highest BCUT2D eigenvalue weighted by atomic mass is 31.2. The molecule has 172 valence electrons. The van der Waals surface area contributed by atoms with E-state index >= 15 is 0 Å². The lowest BCUT2D eigenvalue weighted by atomic mass is 10.2. The summed E-state index contributed by atoms with van der Waals surface area (Å²) >= 11 is 0. The monoisotopic (exact) mass is 436 g/mol. The lowest BCUT2D eigenvalue weighted by molar-refractivity contribution is 0.193. The molecule has 0 fully saturated rings.